The van der Waals surface area contributed by atoms with E-state index < -0.39 is 12.1 Å². The maximum Gasteiger partial charge on any atom is 0.251 e. The van der Waals surface area contributed by atoms with Gasteiger partial charge in [0.15, 0.2) is 0 Å². The van der Waals surface area contributed by atoms with E-state index >= 15 is 0 Å². The van der Waals surface area contributed by atoms with Gasteiger partial charge in [0.2, 0.25) is 0 Å². The average Bonchev–Trinajstić information content (AvgIpc) is 3.26. The molecule has 0 saturated heterocycles. The molecule has 0 fully saturated rings. The van der Waals surface area contributed by atoms with Gasteiger partial charge in [0.05, 0.1) is 30.5 Å². The van der Waals surface area contributed by atoms with Crippen molar-refractivity contribution in [2.45, 2.75) is 45.5 Å². The first-order valence-corrected chi connectivity index (χ1v) is 15.0. The monoisotopic (exact) mass is 570 g/mol. The second-order valence-corrected chi connectivity index (χ2v) is 11.1. The number of hydrogen-bond acceptors (Lipinski definition) is 6. The van der Waals surface area contributed by atoms with Gasteiger partial charge in [-0.1, -0.05) is 42.5 Å². The zero-order valence-electron chi connectivity index (χ0n) is 23.8. The Labute approximate surface area is 246 Å². The van der Waals surface area contributed by atoms with Crippen LogP contribution in [0.5, 0.6) is 5.75 Å². The summed E-state index contributed by atoms with van der Waals surface area (Å²) in [6, 6.07) is 21.3. The Hall–Kier alpha value is -3.72. The summed E-state index contributed by atoms with van der Waals surface area (Å²) < 4.78 is 9.73. The predicted octanol–water partition coefficient (Wildman–Crippen LogP) is 5.62. The summed E-state index contributed by atoms with van der Waals surface area (Å²) in [5, 5.41) is 21.1. The van der Waals surface area contributed by atoms with Gasteiger partial charge in [-0.25, -0.2) is 0 Å². The summed E-state index contributed by atoms with van der Waals surface area (Å²) in [4.78, 5) is 13.8. The molecular weight excluding hydrogens is 532 g/mol. The van der Waals surface area contributed by atoms with Crippen molar-refractivity contribution in [2.75, 3.05) is 24.5 Å². The van der Waals surface area contributed by atoms with Crippen LogP contribution in [0.15, 0.2) is 78.3 Å². The number of rotatable bonds is 12. The first-order valence-electron chi connectivity index (χ1n) is 14.1. The normalized spacial score (nSPS) is 14.1. The van der Waals surface area contributed by atoms with E-state index in [1.54, 1.807) is 19.1 Å². The van der Waals surface area contributed by atoms with E-state index in [9.17, 15) is 9.90 Å². The van der Waals surface area contributed by atoms with Gasteiger partial charge in [0, 0.05) is 48.9 Å². The van der Waals surface area contributed by atoms with E-state index in [1.165, 1.54) is 0 Å². The number of carbonyl (C=O) groups is 1. The second-order valence-electron chi connectivity index (χ2n) is 10.2. The van der Waals surface area contributed by atoms with Gasteiger partial charge in [-0.3, -0.25) is 4.79 Å². The third kappa shape index (κ3) is 6.62. The van der Waals surface area contributed by atoms with E-state index in [0.29, 0.717) is 25.1 Å². The van der Waals surface area contributed by atoms with E-state index in [1.807, 2.05) is 66.7 Å². The highest BCUT2D eigenvalue weighted by atomic mass is 32.2. The molecular formula is C33H38N4O3S. The standard InChI is InChI=1S/C33H38N4O3S/c1-4-36-22-25-14-15-41-37(5-2)30-19-26(18-29(36)32(25)30)33(39)35-28(17-23-10-7-6-8-11-23)31(38)21-34-20-24-12-9-13-27(16-24)40-3/h6-16,18-19,22,28,31,34,38H,4-5,17,20-21H2,1-3H3,(H,35,39)/t28-,31+/m0/s1. The Kier molecular flexibility index (Phi) is 9.34. The van der Waals surface area contributed by atoms with Gasteiger partial charge >= 0.3 is 0 Å². The van der Waals surface area contributed by atoms with Crippen molar-refractivity contribution < 1.29 is 14.6 Å². The zero-order valence-corrected chi connectivity index (χ0v) is 24.7. The molecule has 0 bridgehead atoms. The van der Waals surface area contributed by atoms with Crippen molar-refractivity contribution in [3.05, 3.63) is 101 Å². The molecule has 2 atom stereocenters. The van der Waals surface area contributed by atoms with Crippen molar-refractivity contribution in [3.8, 4) is 5.75 Å². The lowest BCUT2D eigenvalue weighted by molar-refractivity contribution is 0.0830. The summed E-state index contributed by atoms with van der Waals surface area (Å²) in [7, 11) is 1.65. The number of nitrogens with zero attached hydrogens (tertiary/aromatic N) is 2. The van der Waals surface area contributed by atoms with E-state index in [0.717, 1.165) is 52.1 Å². The highest BCUT2D eigenvalue weighted by Crippen LogP contribution is 2.39. The van der Waals surface area contributed by atoms with E-state index in [4.69, 9.17) is 4.74 Å². The molecule has 4 aromatic rings. The molecule has 3 N–H and O–H groups in total. The molecule has 0 aliphatic carbocycles. The quantitative estimate of drug-likeness (QED) is 0.192. The molecule has 3 aromatic carbocycles. The lowest BCUT2D eigenvalue weighted by Gasteiger charge is -2.26. The number of aliphatic hydroxyl groups is 1. The molecule has 8 heteroatoms. The summed E-state index contributed by atoms with van der Waals surface area (Å²) in [6.45, 7) is 6.75. The number of nitrogens with one attached hydrogen (secondary N) is 2. The lowest BCUT2D eigenvalue weighted by atomic mass is 10.00. The maximum absolute atomic E-state index is 13.8. The van der Waals surface area contributed by atoms with Crippen molar-refractivity contribution in [3.63, 3.8) is 0 Å². The van der Waals surface area contributed by atoms with Gasteiger partial charge in [-0.05, 0) is 79.1 Å². The van der Waals surface area contributed by atoms with Gasteiger partial charge in [-0.15, -0.1) is 0 Å². The zero-order chi connectivity index (χ0) is 28.8. The molecule has 0 saturated carbocycles. The van der Waals surface area contributed by atoms with Crippen LogP contribution in [0.2, 0.25) is 0 Å². The van der Waals surface area contributed by atoms with Crippen LogP contribution in [-0.2, 0) is 19.5 Å². The number of methoxy groups -OCH3 is 1. The van der Waals surface area contributed by atoms with Crippen LogP contribution >= 0.6 is 11.9 Å². The number of aromatic nitrogens is 1. The van der Waals surface area contributed by atoms with Gasteiger partial charge in [0.25, 0.3) is 5.91 Å². The van der Waals surface area contributed by atoms with E-state index in [2.05, 4.69) is 51.0 Å². The van der Waals surface area contributed by atoms with Crippen LogP contribution < -0.4 is 19.7 Å². The molecule has 1 aliphatic heterocycles. The molecule has 0 unspecified atom stereocenters. The average molecular weight is 571 g/mol. The largest absolute Gasteiger partial charge is 0.497 e. The molecule has 0 radical (unpaired) electrons. The minimum absolute atomic E-state index is 0.195. The number of anilines is 1. The maximum atomic E-state index is 13.8. The highest BCUT2D eigenvalue weighted by molar-refractivity contribution is 8.03. The summed E-state index contributed by atoms with van der Waals surface area (Å²) in [6.07, 6.45) is 4.01. The van der Waals surface area contributed by atoms with Gasteiger partial charge < -0.3 is 29.3 Å². The molecule has 7 nitrogen and oxygen atoms in total. The molecule has 1 aromatic heterocycles. The minimum Gasteiger partial charge on any atom is -0.497 e. The van der Waals surface area contributed by atoms with Crippen LogP contribution in [0.1, 0.15) is 40.9 Å². The van der Waals surface area contributed by atoms with Crippen LogP contribution in [-0.4, -0.2) is 47.9 Å². The highest BCUT2D eigenvalue weighted by Gasteiger charge is 2.25. The first-order chi connectivity index (χ1) is 20.0. The fourth-order valence-electron chi connectivity index (χ4n) is 5.32. The molecule has 214 valence electrons. The van der Waals surface area contributed by atoms with Crippen molar-refractivity contribution in [1.82, 2.24) is 15.2 Å². The number of ether oxygens (including phenoxy) is 1. The van der Waals surface area contributed by atoms with Crippen LogP contribution in [0.4, 0.5) is 5.69 Å². The Balaban J connectivity index is 1.38. The van der Waals surface area contributed by atoms with Crippen LogP contribution in [0.25, 0.3) is 17.0 Å². The lowest BCUT2D eigenvalue weighted by Crippen LogP contribution is -2.48. The van der Waals surface area contributed by atoms with Gasteiger partial charge in [0.1, 0.15) is 5.75 Å². The Morgan fingerprint density at radius 3 is 2.59 bits per heavy atom. The summed E-state index contributed by atoms with van der Waals surface area (Å²) >= 11 is 1.64. The Morgan fingerprint density at radius 1 is 1.02 bits per heavy atom. The summed E-state index contributed by atoms with van der Waals surface area (Å²) in [5.41, 5.74) is 5.93. The summed E-state index contributed by atoms with van der Waals surface area (Å²) in [5.74, 6) is 0.600. The third-order valence-corrected chi connectivity index (χ3v) is 8.45. The topological polar surface area (TPSA) is 78.8 Å². The number of hydrogen-bond donors (Lipinski definition) is 3. The number of aliphatic hydroxyl groups excluding tert-OH is 1. The first kappa shape index (κ1) is 28.8. The fraction of sp³-hybridized carbons (Fsp3) is 0.303. The molecule has 1 amide bonds. The number of aryl methyl sites for hydroxylation is 1. The van der Waals surface area contributed by atoms with Crippen molar-refractivity contribution >= 4 is 40.5 Å². The van der Waals surface area contributed by atoms with Crippen molar-refractivity contribution in [2.24, 2.45) is 0 Å². The molecule has 1 aliphatic rings. The fourth-order valence-corrected chi connectivity index (χ4v) is 6.08. The number of amides is 1. The molecule has 0 spiro atoms. The van der Waals surface area contributed by atoms with Crippen LogP contribution in [0, 0.1) is 0 Å². The van der Waals surface area contributed by atoms with Crippen LogP contribution in [0.3, 0.4) is 0 Å². The molecule has 2 heterocycles. The molecule has 41 heavy (non-hydrogen) atoms. The van der Waals surface area contributed by atoms with Crippen molar-refractivity contribution in [1.29, 1.82) is 0 Å². The third-order valence-electron chi connectivity index (χ3n) is 7.48. The minimum atomic E-state index is -0.798. The Bertz CT molecular complexity index is 1520. The van der Waals surface area contributed by atoms with Gasteiger partial charge in [-0.2, -0.15) is 0 Å². The predicted molar refractivity (Wildman–Crippen MR) is 169 cm³/mol. The second kappa shape index (κ2) is 13.3. The molecule has 5 rings (SSSR count). The van der Waals surface area contributed by atoms with E-state index in [-0.39, 0.29) is 5.91 Å². The Morgan fingerprint density at radius 2 is 1.83 bits per heavy atom. The SMILES string of the molecule is CCN1SC=Cc2cn(CC)c3cc(C(=O)N[C@@H](Cc4ccccc4)[C@H](O)CNCc4cccc(OC)c4)cc1c23. The smallest absolute Gasteiger partial charge is 0.251 e. The number of carbonyl (C=O) groups excluding carboxylic acids is 1. The number of benzene rings is 3.